The fraction of sp³-hybridized carbons (Fsp3) is 0.667. The van der Waals surface area contributed by atoms with Crippen LogP contribution in [0.4, 0.5) is 0 Å². The molecule has 0 aliphatic heterocycles. The van der Waals surface area contributed by atoms with E-state index in [2.05, 4.69) is 59.2 Å². The van der Waals surface area contributed by atoms with Gasteiger partial charge in [-0.25, -0.2) is 0 Å². The van der Waals surface area contributed by atoms with Gasteiger partial charge >= 0.3 is 0 Å². The number of hydrogen-bond donors (Lipinski definition) is 0. The first-order valence-corrected chi connectivity index (χ1v) is 5.44. The molecule has 0 saturated carbocycles. The number of hydrogen-bond acceptors (Lipinski definition) is 1. The SMILES string of the molecule is CCCC(C)n1nc(I)cc1C. The van der Waals surface area contributed by atoms with Crippen molar-refractivity contribution in [2.75, 3.05) is 0 Å². The first kappa shape index (κ1) is 10.0. The minimum atomic E-state index is 0.540. The Labute approximate surface area is 87.5 Å². The van der Waals surface area contributed by atoms with E-state index in [4.69, 9.17) is 0 Å². The average Bonchev–Trinajstić information content (AvgIpc) is 2.30. The molecule has 0 aliphatic carbocycles. The van der Waals surface area contributed by atoms with E-state index in [9.17, 15) is 0 Å². The molecule has 1 unspecified atom stereocenters. The molecule has 0 saturated heterocycles. The molecule has 1 rings (SSSR count). The van der Waals surface area contributed by atoms with E-state index in [1.54, 1.807) is 0 Å². The van der Waals surface area contributed by atoms with Crippen molar-refractivity contribution in [2.24, 2.45) is 0 Å². The third-order valence-corrected chi connectivity index (χ3v) is 2.54. The molecule has 0 bridgehead atoms. The highest BCUT2D eigenvalue weighted by Crippen LogP contribution is 2.16. The minimum absolute atomic E-state index is 0.540. The standard InChI is InChI=1S/C9H15IN2/c1-4-5-7(2)12-8(3)6-9(10)11-12/h6-7H,4-5H2,1-3H3. The van der Waals surface area contributed by atoms with E-state index in [-0.39, 0.29) is 0 Å². The maximum absolute atomic E-state index is 4.43. The molecular formula is C9H15IN2. The number of halogens is 1. The van der Waals surface area contributed by atoms with Gasteiger partial charge in [-0.1, -0.05) is 13.3 Å². The van der Waals surface area contributed by atoms with Crippen molar-refractivity contribution in [1.29, 1.82) is 0 Å². The first-order chi connectivity index (χ1) is 5.65. The van der Waals surface area contributed by atoms with Gasteiger partial charge in [0.15, 0.2) is 0 Å². The fourth-order valence-corrected chi connectivity index (χ4v) is 2.12. The summed E-state index contributed by atoms with van der Waals surface area (Å²) in [6.45, 7) is 6.54. The van der Waals surface area contributed by atoms with Crippen molar-refractivity contribution < 1.29 is 0 Å². The molecule has 1 aromatic heterocycles. The van der Waals surface area contributed by atoms with Crippen LogP contribution in [0.5, 0.6) is 0 Å². The molecule has 12 heavy (non-hydrogen) atoms. The third kappa shape index (κ3) is 2.21. The van der Waals surface area contributed by atoms with Gasteiger partial charge in [-0.15, -0.1) is 0 Å². The van der Waals surface area contributed by atoms with Crippen LogP contribution in [0.15, 0.2) is 6.07 Å². The van der Waals surface area contributed by atoms with Crippen LogP contribution >= 0.6 is 22.6 Å². The Morgan fingerprint density at radius 2 is 2.33 bits per heavy atom. The van der Waals surface area contributed by atoms with Crippen molar-refractivity contribution in [3.05, 3.63) is 15.5 Å². The van der Waals surface area contributed by atoms with Crippen LogP contribution in [0.1, 0.15) is 38.4 Å². The minimum Gasteiger partial charge on any atom is -0.266 e. The van der Waals surface area contributed by atoms with E-state index < -0.39 is 0 Å². The number of rotatable bonds is 3. The summed E-state index contributed by atoms with van der Waals surface area (Å²) in [6.07, 6.45) is 2.43. The summed E-state index contributed by atoms with van der Waals surface area (Å²) >= 11 is 2.26. The lowest BCUT2D eigenvalue weighted by molar-refractivity contribution is 0.444. The second-order valence-corrected chi connectivity index (χ2v) is 4.30. The van der Waals surface area contributed by atoms with Gasteiger partial charge in [0.05, 0.1) is 0 Å². The zero-order valence-corrected chi connectivity index (χ0v) is 10.00. The van der Waals surface area contributed by atoms with Crippen LogP contribution < -0.4 is 0 Å². The Bertz CT molecular complexity index is 255. The van der Waals surface area contributed by atoms with Crippen LogP contribution in [-0.4, -0.2) is 9.78 Å². The summed E-state index contributed by atoms with van der Waals surface area (Å²) < 4.78 is 3.21. The van der Waals surface area contributed by atoms with Gasteiger partial charge in [-0.2, -0.15) is 5.10 Å². The van der Waals surface area contributed by atoms with Gasteiger partial charge in [0.1, 0.15) is 3.70 Å². The van der Waals surface area contributed by atoms with Crippen molar-refractivity contribution in [3.8, 4) is 0 Å². The first-order valence-electron chi connectivity index (χ1n) is 4.36. The quantitative estimate of drug-likeness (QED) is 0.776. The largest absolute Gasteiger partial charge is 0.266 e. The van der Waals surface area contributed by atoms with Crippen LogP contribution in [0.2, 0.25) is 0 Å². The molecule has 68 valence electrons. The molecule has 2 nitrogen and oxygen atoms in total. The number of aromatic nitrogens is 2. The van der Waals surface area contributed by atoms with Crippen molar-refractivity contribution >= 4 is 22.6 Å². The highest BCUT2D eigenvalue weighted by atomic mass is 127. The van der Waals surface area contributed by atoms with Gasteiger partial charge < -0.3 is 0 Å². The smallest absolute Gasteiger partial charge is 0.123 e. The highest BCUT2D eigenvalue weighted by Gasteiger charge is 2.07. The second kappa shape index (κ2) is 4.25. The Balaban J connectivity index is 2.79. The molecule has 0 fully saturated rings. The molecular weight excluding hydrogens is 263 g/mol. The third-order valence-electron chi connectivity index (χ3n) is 2.02. The summed E-state index contributed by atoms with van der Waals surface area (Å²) in [5, 5.41) is 4.43. The molecule has 0 N–H and O–H groups in total. The zero-order valence-electron chi connectivity index (χ0n) is 7.84. The molecule has 0 aliphatic rings. The van der Waals surface area contributed by atoms with Crippen molar-refractivity contribution in [1.82, 2.24) is 9.78 Å². The van der Waals surface area contributed by atoms with Gasteiger partial charge in [-0.05, 0) is 48.9 Å². The molecule has 0 radical (unpaired) electrons. The molecule has 0 spiro atoms. The van der Waals surface area contributed by atoms with Gasteiger partial charge in [0, 0.05) is 11.7 Å². The Kier molecular flexibility index (Phi) is 3.55. The summed E-state index contributed by atoms with van der Waals surface area (Å²) in [7, 11) is 0. The maximum atomic E-state index is 4.43. The van der Waals surface area contributed by atoms with Gasteiger partial charge in [0.25, 0.3) is 0 Å². The monoisotopic (exact) mass is 278 g/mol. The lowest BCUT2D eigenvalue weighted by Crippen LogP contribution is -2.08. The summed E-state index contributed by atoms with van der Waals surface area (Å²) in [5.74, 6) is 0. The normalized spacial score (nSPS) is 13.3. The number of nitrogens with zero attached hydrogens (tertiary/aromatic N) is 2. The lowest BCUT2D eigenvalue weighted by Gasteiger charge is -2.12. The van der Waals surface area contributed by atoms with E-state index in [0.717, 1.165) is 3.70 Å². The number of aryl methyl sites for hydroxylation is 1. The van der Waals surface area contributed by atoms with E-state index in [0.29, 0.717) is 6.04 Å². The predicted molar refractivity (Wildman–Crippen MR) is 59.3 cm³/mol. The predicted octanol–water partition coefficient (Wildman–Crippen LogP) is 3.16. The van der Waals surface area contributed by atoms with Crippen LogP contribution in [-0.2, 0) is 0 Å². The van der Waals surface area contributed by atoms with Crippen LogP contribution in [0.3, 0.4) is 0 Å². The van der Waals surface area contributed by atoms with Crippen molar-refractivity contribution in [2.45, 2.75) is 39.7 Å². The lowest BCUT2D eigenvalue weighted by atomic mass is 10.2. The topological polar surface area (TPSA) is 17.8 Å². The highest BCUT2D eigenvalue weighted by molar-refractivity contribution is 14.1. The average molecular weight is 278 g/mol. The van der Waals surface area contributed by atoms with Crippen molar-refractivity contribution in [3.63, 3.8) is 0 Å². The maximum Gasteiger partial charge on any atom is 0.123 e. The Morgan fingerprint density at radius 1 is 1.67 bits per heavy atom. The molecule has 3 heteroatoms. The summed E-state index contributed by atoms with van der Waals surface area (Å²) in [6, 6.07) is 2.66. The summed E-state index contributed by atoms with van der Waals surface area (Å²) in [4.78, 5) is 0. The van der Waals surface area contributed by atoms with E-state index in [1.807, 2.05) is 0 Å². The second-order valence-electron chi connectivity index (χ2n) is 3.19. The molecule has 0 aromatic carbocycles. The molecule has 1 atom stereocenters. The van der Waals surface area contributed by atoms with E-state index in [1.165, 1.54) is 18.5 Å². The van der Waals surface area contributed by atoms with Crippen LogP contribution in [0.25, 0.3) is 0 Å². The fourth-order valence-electron chi connectivity index (χ4n) is 1.44. The Hall–Kier alpha value is -0.0600. The van der Waals surface area contributed by atoms with Crippen LogP contribution in [0, 0.1) is 10.6 Å². The Morgan fingerprint density at radius 3 is 2.75 bits per heavy atom. The van der Waals surface area contributed by atoms with Gasteiger partial charge in [-0.3, -0.25) is 4.68 Å². The van der Waals surface area contributed by atoms with Gasteiger partial charge in [0.2, 0.25) is 0 Å². The molecule has 1 heterocycles. The summed E-state index contributed by atoms with van der Waals surface area (Å²) in [5.41, 5.74) is 1.26. The van der Waals surface area contributed by atoms with E-state index >= 15 is 0 Å². The molecule has 1 aromatic rings. The zero-order chi connectivity index (χ0) is 9.14. The molecule has 0 amide bonds.